The molecule has 0 aromatic heterocycles. The van der Waals surface area contributed by atoms with Crippen molar-refractivity contribution in [1.82, 2.24) is 4.90 Å². The third kappa shape index (κ3) is 6.47. The number of aromatic hydroxyl groups is 1. The topological polar surface area (TPSA) is 60.4 Å². The predicted octanol–water partition coefficient (Wildman–Crippen LogP) is 3.34. The molecule has 1 atom stereocenters. The Balaban J connectivity index is 1.50. The van der Waals surface area contributed by atoms with Crippen molar-refractivity contribution in [2.75, 3.05) is 37.6 Å². The number of aryl methyl sites for hydroxylation is 1. The van der Waals surface area contributed by atoms with Crippen LogP contribution in [-0.4, -0.2) is 48.6 Å². The third-order valence-corrected chi connectivity index (χ3v) is 6.30. The number of benzene rings is 2. The summed E-state index contributed by atoms with van der Waals surface area (Å²) in [6.45, 7) is 10.3. The number of phenols is 1. The zero-order valence-corrected chi connectivity index (χ0v) is 19.3. The number of amides is 1. The maximum Gasteiger partial charge on any atom is 0.277 e. The van der Waals surface area contributed by atoms with Gasteiger partial charge in [-0.05, 0) is 42.7 Å². The van der Waals surface area contributed by atoms with Gasteiger partial charge in [0.15, 0.2) is 6.54 Å². The van der Waals surface area contributed by atoms with Gasteiger partial charge in [0.05, 0.1) is 0 Å². The molecule has 0 aliphatic carbocycles. The van der Waals surface area contributed by atoms with E-state index < -0.39 is 0 Å². The molecule has 1 fully saturated rings. The molecule has 2 aromatic carbocycles. The largest absolute Gasteiger partial charge is 0.508 e. The number of unbranched alkanes of at least 4 members (excludes halogenated alkanes) is 1. The lowest BCUT2D eigenvalue weighted by Gasteiger charge is -2.36. The molecule has 0 saturated carbocycles. The minimum atomic E-state index is 0.218. The monoisotopic (exact) mass is 424 g/mol. The van der Waals surface area contributed by atoms with E-state index >= 15 is 0 Å². The van der Waals surface area contributed by atoms with Gasteiger partial charge in [-0.25, -0.2) is 0 Å². The molecule has 1 amide bonds. The fraction of sp³-hybridized carbons (Fsp3) is 0.500. The Morgan fingerprint density at radius 2 is 1.65 bits per heavy atom. The molecule has 0 radical (unpaired) electrons. The lowest BCUT2D eigenvalue weighted by Crippen LogP contribution is -2.88. The standard InChI is InChI=1S/C26H37N3O2/c1-4-5-6-21-7-9-22(10-8-21)26(20(2)3)27-19-25(31)29-17-15-28(16-18-29)23-11-13-24(30)14-12-23/h7-14,20,26-27,30H,4-6,15-19H2,1-3H3/p+1/t26-/m0/s1. The number of nitrogens with zero attached hydrogens (tertiary/aromatic N) is 2. The van der Waals surface area contributed by atoms with Crippen LogP contribution < -0.4 is 10.2 Å². The van der Waals surface area contributed by atoms with Gasteiger partial charge >= 0.3 is 0 Å². The van der Waals surface area contributed by atoms with Crippen LogP contribution in [0.25, 0.3) is 0 Å². The summed E-state index contributed by atoms with van der Waals surface area (Å²) in [5.74, 6) is 0.958. The molecule has 5 heteroatoms. The van der Waals surface area contributed by atoms with E-state index in [-0.39, 0.29) is 11.7 Å². The molecule has 168 valence electrons. The lowest BCUT2D eigenvalue weighted by molar-refractivity contribution is -0.692. The van der Waals surface area contributed by atoms with Crippen LogP contribution >= 0.6 is 0 Å². The summed E-state index contributed by atoms with van der Waals surface area (Å²) in [6, 6.07) is 16.6. The number of phenolic OH excluding ortho intramolecular Hbond substituents is 1. The van der Waals surface area contributed by atoms with E-state index in [1.165, 1.54) is 24.0 Å². The average molecular weight is 425 g/mol. The smallest absolute Gasteiger partial charge is 0.277 e. The number of carbonyl (C=O) groups excluding carboxylic acids is 1. The lowest BCUT2D eigenvalue weighted by atomic mass is 9.94. The first-order valence-electron chi connectivity index (χ1n) is 11.7. The van der Waals surface area contributed by atoms with E-state index in [0.717, 1.165) is 38.3 Å². The van der Waals surface area contributed by atoms with E-state index in [4.69, 9.17) is 0 Å². The molecule has 0 unspecified atom stereocenters. The van der Waals surface area contributed by atoms with Crippen molar-refractivity contribution in [3.05, 3.63) is 59.7 Å². The van der Waals surface area contributed by atoms with E-state index in [1.807, 2.05) is 17.0 Å². The number of anilines is 1. The van der Waals surface area contributed by atoms with Gasteiger partial charge in [-0.1, -0.05) is 51.5 Å². The molecule has 31 heavy (non-hydrogen) atoms. The average Bonchev–Trinajstić information content (AvgIpc) is 2.79. The first-order chi connectivity index (χ1) is 15.0. The van der Waals surface area contributed by atoms with Crippen LogP contribution in [-0.2, 0) is 11.2 Å². The molecule has 5 nitrogen and oxygen atoms in total. The first kappa shape index (κ1) is 23.1. The van der Waals surface area contributed by atoms with Crippen molar-refractivity contribution in [1.29, 1.82) is 0 Å². The fourth-order valence-corrected chi connectivity index (χ4v) is 4.31. The highest BCUT2D eigenvalue weighted by atomic mass is 16.3. The van der Waals surface area contributed by atoms with Crippen molar-refractivity contribution in [3.8, 4) is 5.75 Å². The van der Waals surface area contributed by atoms with Crippen LogP contribution in [0.4, 0.5) is 5.69 Å². The Labute approximate surface area is 187 Å². The molecule has 2 aromatic rings. The fourth-order valence-electron chi connectivity index (χ4n) is 4.31. The van der Waals surface area contributed by atoms with E-state index in [0.29, 0.717) is 18.5 Å². The molecular formula is C26H38N3O2+. The van der Waals surface area contributed by atoms with Crippen LogP contribution in [0.5, 0.6) is 5.75 Å². The van der Waals surface area contributed by atoms with Crippen LogP contribution in [0.1, 0.15) is 50.8 Å². The Hall–Kier alpha value is -2.53. The highest BCUT2D eigenvalue weighted by Crippen LogP contribution is 2.21. The van der Waals surface area contributed by atoms with E-state index in [9.17, 15) is 9.90 Å². The van der Waals surface area contributed by atoms with Crippen molar-refractivity contribution >= 4 is 11.6 Å². The minimum Gasteiger partial charge on any atom is -0.508 e. The molecule has 0 bridgehead atoms. The molecule has 3 rings (SSSR count). The van der Waals surface area contributed by atoms with Gasteiger partial charge < -0.3 is 20.2 Å². The van der Waals surface area contributed by atoms with E-state index in [2.05, 4.69) is 55.3 Å². The van der Waals surface area contributed by atoms with Crippen molar-refractivity contribution in [2.24, 2.45) is 5.92 Å². The van der Waals surface area contributed by atoms with Crippen molar-refractivity contribution in [2.45, 2.75) is 46.1 Å². The summed E-state index contributed by atoms with van der Waals surface area (Å²) in [7, 11) is 0. The summed E-state index contributed by atoms with van der Waals surface area (Å²) in [4.78, 5) is 17.1. The van der Waals surface area contributed by atoms with E-state index in [1.54, 1.807) is 12.1 Å². The maximum atomic E-state index is 12.9. The number of carbonyl (C=O) groups is 1. The zero-order chi connectivity index (χ0) is 22.2. The maximum absolute atomic E-state index is 12.9. The van der Waals surface area contributed by atoms with Gasteiger partial charge in [-0.3, -0.25) is 4.79 Å². The molecule has 1 heterocycles. The van der Waals surface area contributed by atoms with Crippen LogP contribution in [0.2, 0.25) is 0 Å². The summed E-state index contributed by atoms with van der Waals surface area (Å²) < 4.78 is 0. The first-order valence-corrected chi connectivity index (χ1v) is 11.7. The molecule has 3 N–H and O–H groups in total. The van der Waals surface area contributed by atoms with Gasteiger partial charge in [-0.15, -0.1) is 0 Å². The summed E-state index contributed by atoms with van der Waals surface area (Å²) in [5.41, 5.74) is 3.80. The second-order valence-corrected chi connectivity index (χ2v) is 8.94. The van der Waals surface area contributed by atoms with Gasteiger partial charge in [0, 0.05) is 43.3 Å². The number of hydrogen-bond donors (Lipinski definition) is 2. The van der Waals surface area contributed by atoms with Crippen molar-refractivity contribution in [3.63, 3.8) is 0 Å². The summed E-state index contributed by atoms with van der Waals surface area (Å²) in [5, 5.41) is 11.7. The Kier molecular flexibility index (Phi) is 8.35. The number of piperazine rings is 1. The van der Waals surface area contributed by atoms with Gasteiger partial charge in [-0.2, -0.15) is 0 Å². The Morgan fingerprint density at radius 1 is 1.00 bits per heavy atom. The molecule has 0 spiro atoms. The Morgan fingerprint density at radius 3 is 2.23 bits per heavy atom. The molecule has 1 aliphatic heterocycles. The highest BCUT2D eigenvalue weighted by Gasteiger charge is 2.25. The normalized spacial score (nSPS) is 15.4. The number of rotatable bonds is 9. The quantitative estimate of drug-likeness (QED) is 0.649. The second kappa shape index (κ2) is 11.2. The van der Waals surface area contributed by atoms with Gasteiger partial charge in [0.2, 0.25) is 0 Å². The predicted molar refractivity (Wildman–Crippen MR) is 126 cm³/mol. The third-order valence-electron chi connectivity index (χ3n) is 6.30. The van der Waals surface area contributed by atoms with Crippen LogP contribution in [0.3, 0.4) is 0 Å². The van der Waals surface area contributed by atoms with Crippen molar-refractivity contribution < 1.29 is 15.2 Å². The summed E-state index contributed by atoms with van der Waals surface area (Å²) in [6.07, 6.45) is 3.59. The number of quaternary nitrogens is 1. The molecular weight excluding hydrogens is 386 g/mol. The zero-order valence-electron chi connectivity index (χ0n) is 19.3. The van der Waals surface area contributed by atoms with Crippen LogP contribution in [0, 0.1) is 5.92 Å². The molecule has 1 aliphatic rings. The minimum absolute atomic E-state index is 0.218. The van der Waals surface area contributed by atoms with Gasteiger partial charge in [0.1, 0.15) is 11.8 Å². The second-order valence-electron chi connectivity index (χ2n) is 8.94. The number of nitrogens with two attached hydrogens (primary N) is 1. The SMILES string of the molecule is CCCCc1ccc([C@@H]([NH2+]CC(=O)N2CCN(c3ccc(O)cc3)CC2)C(C)C)cc1. The number of hydrogen-bond acceptors (Lipinski definition) is 3. The van der Waals surface area contributed by atoms with Gasteiger partial charge in [0.25, 0.3) is 5.91 Å². The highest BCUT2D eigenvalue weighted by molar-refractivity contribution is 5.77. The molecule has 1 saturated heterocycles. The van der Waals surface area contributed by atoms with Crippen LogP contribution in [0.15, 0.2) is 48.5 Å². The summed E-state index contributed by atoms with van der Waals surface area (Å²) >= 11 is 0. The Bertz CT molecular complexity index is 810.